The number of nitrogens with one attached hydrogen (secondary N) is 1. The van der Waals surface area contributed by atoms with E-state index >= 15 is 0 Å². The lowest BCUT2D eigenvalue weighted by Gasteiger charge is -2.27. The summed E-state index contributed by atoms with van der Waals surface area (Å²) in [6.07, 6.45) is -0.980. The molecule has 0 spiro atoms. The van der Waals surface area contributed by atoms with Crippen molar-refractivity contribution in [3.05, 3.63) is 29.8 Å². The number of rotatable bonds is 8. The molecule has 5 nitrogen and oxygen atoms in total. The Balaban J connectivity index is 1.64. The summed E-state index contributed by atoms with van der Waals surface area (Å²) in [7, 11) is 1.86. The topological polar surface area (TPSA) is 50.8 Å². The number of ether oxygens (including phenoxy) is 2. The molecule has 1 aromatic rings. The Hall–Kier alpha value is -1.80. The summed E-state index contributed by atoms with van der Waals surface area (Å²) < 4.78 is 48.8. The minimum atomic E-state index is -4.40. The molecule has 1 unspecified atom stereocenters. The highest BCUT2D eigenvalue weighted by Crippen LogP contribution is 2.31. The molecule has 1 aromatic carbocycles. The zero-order valence-electron chi connectivity index (χ0n) is 14.8. The fourth-order valence-electron chi connectivity index (χ4n) is 2.79. The van der Waals surface area contributed by atoms with Gasteiger partial charge in [0.05, 0.1) is 24.8 Å². The van der Waals surface area contributed by atoms with Gasteiger partial charge in [-0.15, -0.1) is 0 Å². The second-order valence-electron chi connectivity index (χ2n) is 6.41. The second-order valence-corrected chi connectivity index (χ2v) is 6.41. The highest BCUT2D eigenvalue weighted by molar-refractivity contribution is 5.77. The van der Waals surface area contributed by atoms with E-state index in [2.05, 4.69) is 5.32 Å². The van der Waals surface area contributed by atoms with E-state index in [0.717, 1.165) is 38.0 Å². The van der Waals surface area contributed by atoms with E-state index in [0.29, 0.717) is 6.54 Å². The highest BCUT2D eigenvalue weighted by atomic mass is 19.4. The third-order valence-corrected chi connectivity index (χ3v) is 4.06. The Morgan fingerprint density at radius 3 is 2.88 bits per heavy atom. The van der Waals surface area contributed by atoms with Gasteiger partial charge in [-0.1, -0.05) is 6.07 Å². The van der Waals surface area contributed by atoms with E-state index in [1.54, 1.807) is 0 Å². The van der Waals surface area contributed by atoms with Crippen molar-refractivity contribution in [3.8, 4) is 5.75 Å². The van der Waals surface area contributed by atoms with E-state index in [1.165, 1.54) is 12.1 Å². The molecule has 0 bridgehead atoms. The molecule has 1 saturated heterocycles. The first-order chi connectivity index (χ1) is 12.3. The van der Waals surface area contributed by atoms with Crippen LogP contribution in [0.4, 0.5) is 13.2 Å². The zero-order chi connectivity index (χ0) is 19.0. The van der Waals surface area contributed by atoms with Crippen LogP contribution in [0.2, 0.25) is 0 Å². The van der Waals surface area contributed by atoms with E-state index < -0.39 is 11.7 Å². The van der Waals surface area contributed by atoms with Crippen molar-refractivity contribution in [2.75, 3.05) is 39.9 Å². The van der Waals surface area contributed by atoms with Crippen molar-refractivity contribution in [1.82, 2.24) is 10.2 Å². The van der Waals surface area contributed by atoms with Crippen LogP contribution in [0.15, 0.2) is 24.3 Å². The van der Waals surface area contributed by atoms with Gasteiger partial charge >= 0.3 is 6.18 Å². The lowest BCUT2D eigenvalue weighted by atomic mass is 10.1. The third kappa shape index (κ3) is 7.21. The molecule has 1 atom stereocenters. The standard InChI is InChI=1S/C18H25F3N2O3/c1-23(12-16-6-2-3-9-25-16)13-17(24)22-8-10-26-15-7-4-5-14(11-15)18(19,20)21/h4-5,7,11,16H,2-3,6,8-10,12-13H2,1H3,(H,22,24). The smallest absolute Gasteiger partial charge is 0.416 e. The molecule has 146 valence electrons. The van der Waals surface area contributed by atoms with Gasteiger partial charge in [0.15, 0.2) is 0 Å². The van der Waals surface area contributed by atoms with Crippen LogP contribution < -0.4 is 10.1 Å². The molecule has 8 heteroatoms. The monoisotopic (exact) mass is 374 g/mol. The van der Waals surface area contributed by atoms with Gasteiger partial charge in [0.1, 0.15) is 12.4 Å². The average molecular weight is 374 g/mol. The van der Waals surface area contributed by atoms with Gasteiger partial charge in [-0.25, -0.2) is 0 Å². The Labute approximate surface area is 151 Å². The molecule has 1 N–H and O–H groups in total. The lowest BCUT2D eigenvalue weighted by Crippen LogP contribution is -2.41. The van der Waals surface area contributed by atoms with Gasteiger partial charge in [0, 0.05) is 13.2 Å². The molecular formula is C18H25F3N2O3. The summed E-state index contributed by atoms with van der Waals surface area (Å²) in [5.41, 5.74) is -0.759. The van der Waals surface area contributed by atoms with Crippen LogP contribution in [0, 0.1) is 0 Å². The number of halogens is 3. The summed E-state index contributed by atoms with van der Waals surface area (Å²) in [5.74, 6) is -0.0309. The van der Waals surface area contributed by atoms with Crippen molar-refractivity contribution in [2.45, 2.75) is 31.5 Å². The summed E-state index contributed by atoms with van der Waals surface area (Å²) in [6, 6.07) is 4.67. The van der Waals surface area contributed by atoms with Crippen LogP contribution in [-0.2, 0) is 15.7 Å². The maximum Gasteiger partial charge on any atom is 0.416 e. The quantitative estimate of drug-likeness (QED) is 0.711. The Morgan fingerprint density at radius 1 is 1.38 bits per heavy atom. The predicted octanol–water partition coefficient (Wildman–Crippen LogP) is 2.70. The first-order valence-electron chi connectivity index (χ1n) is 8.71. The fourth-order valence-corrected chi connectivity index (χ4v) is 2.79. The van der Waals surface area contributed by atoms with Crippen molar-refractivity contribution in [2.24, 2.45) is 0 Å². The predicted molar refractivity (Wildman–Crippen MR) is 91.0 cm³/mol. The number of nitrogens with zero attached hydrogens (tertiary/aromatic N) is 1. The maximum atomic E-state index is 12.6. The largest absolute Gasteiger partial charge is 0.492 e. The van der Waals surface area contributed by atoms with Crippen molar-refractivity contribution in [3.63, 3.8) is 0 Å². The van der Waals surface area contributed by atoms with Crippen LogP contribution in [-0.4, -0.2) is 56.8 Å². The fraction of sp³-hybridized carbons (Fsp3) is 0.611. The number of alkyl halides is 3. The second kappa shape index (κ2) is 9.78. The number of hydrogen-bond donors (Lipinski definition) is 1. The minimum Gasteiger partial charge on any atom is -0.492 e. The molecule has 0 radical (unpaired) electrons. The van der Waals surface area contributed by atoms with E-state index in [9.17, 15) is 18.0 Å². The minimum absolute atomic E-state index is 0.0997. The van der Waals surface area contributed by atoms with E-state index in [1.807, 2.05) is 11.9 Å². The zero-order valence-corrected chi connectivity index (χ0v) is 14.8. The number of benzene rings is 1. The normalized spacial score (nSPS) is 18.0. The summed E-state index contributed by atoms with van der Waals surface area (Å²) >= 11 is 0. The van der Waals surface area contributed by atoms with Crippen molar-refractivity contribution < 1.29 is 27.4 Å². The number of carbonyl (C=O) groups is 1. The molecule has 0 aromatic heterocycles. The maximum absolute atomic E-state index is 12.6. The molecule has 1 amide bonds. The van der Waals surface area contributed by atoms with E-state index in [-0.39, 0.29) is 37.5 Å². The van der Waals surface area contributed by atoms with Crippen molar-refractivity contribution >= 4 is 5.91 Å². The van der Waals surface area contributed by atoms with Gasteiger partial charge in [0.25, 0.3) is 0 Å². The number of hydrogen-bond acceptors (Lipinski definition) is 4. The van der Waals surface area contributed by atoms with Crippen molar-refractivity contribution in [1.29, 1.82) is 0 Å². The lowest BCUT2D eigenvalue weighted by molar-refractivity contribution is -0.137. The molecule has 1 heterocycles. The molecular weight excluding hydrogens is 349 g/mol. The summed E-state index contributed by atoms with van der Waals surface area (Å²) in [4.78, 5) is 13.8. The van der Waals surface area contributed by atoms with Crippen LogP contribution in [0.5, 0.6) is 5.75 Å². The van der Waals surface area contributed by atoms with E-state index in [4.69, 9.17) is 9.47 Å². The Kier molecular flexibility index (Phi) is 7.71. The van der Waals surface area contributed by atoms with Crippen LogP contribution in [0.1, 0.15) is 24.8 Å². The van der Waals surface area contributed by atoms with Gasteiger partial charge < -0.3 is 14.8 Å². The van der Waals surface area contributed by atoms with Crippen LogP contribution in [0.3, 0.4) is 0 Å². The van der Waals surface area contributed by atoms with Gasteiger partial charge in [-0.3, -0.25) is 9.69 Å². The molecule has 1 fully saturated rings. The molecule has 1 aliphatic rings. The van der Waals surface area contributed by atoms with Gasteiger partial charge in [0.2, 0.25) is 5.91 Å². The van der Waals surface area contributed by atoms with Gasteiger partial charge in [-0.2, -0.15) is 13.2 Å². The Morgan fingerprint density at radius 2 is 2.19 bits per heavy atom. The first kappa shape index (κ1) is 20.5. The molecule has 26 heavy (non-hydrogen) atoms. The third-order valence-electron chi connectivity index (χ3n) is 4.06. The SMILES string of the molecule is CN(CC(=O)NCCOc1cccc(C(F)(F)F)c1)CC1CCCCO1. The molecule has 0 saturated carbocycles. The molecule has 0 aliphatic carbocycles. The number of likely N-dealkylation sites (N-methyl/N-ethyl adjacent to an activating group) is 1. The summed E-state index contributed by atoms with van der Waals surface area (Å²) in [5, 5.41) is 2.70. The molecule has 2 rings (SSSR count). The molecule has 1 aliphatic heterocycles. The van der Waals surface area contributed by atoms with Gasteiger partial charge in [-0.05, 0) is 44.5 Å². The number of amides is 1. The number of carbonyl (C=O) groups excluding carboxylic acids is 1. The van der Waals surface area contributed by atoms with Crippen LogP contribution in [0.25, 0.3) is 0 Å². The highest BCUT2D eigenvalue weighted by Gasteiger charge is 2.30. The Bertz CT molecular complexity index is 575. The average Bonchev–Trinajstić information content (AvgIpc) is 2.59. The summed E-state index contributed by atoms with van der Waals surface area (Å²) in [6.45, 7) is 2.04. The first-order valence-corrected chi connectivity index (χ1v) is 8.71. The van der Waals surface area contributed by atoms with Crippen LogP contribution >= 0.6 is 0 Å².